The van der Waals surface area contributed by atoms with Gasteiger partial charge in [0.2, 0.25) is 0 Å². The molecule has 0 aliphatic rings. The van der Waals surface area contributed by atoms with E-state index in [1.54, 1.807) is 36.2 Å². The van der Waals surface area contributed by atoms with Crippen LogP contribution in [0.25, 0.3) is 11.0 Å². The predicted octanol–water partition coefficient (Wildman–Crippen LogP) is 4.67. The largest absolute Gasteiger partial charge is 0.451 e. The highest BCUT2D eigenvalue weighted by Crippen LogP contribution is 2.24. The third-order valence-corrected chi connectivity index (χ3v) is 3.81. The number of carbonyl (C=O) groups is 1. The van der Waals surface area contributed by atoms with Crippen molar-refractivity contribution < 1.29 is 9.21 Å². The van der Waals surface area contributed by atoms with Crippen molar-refractivity contribution in [3.05, 3.63) is 70.4 Å². The van der Waals surface area contributed by atoms with E-state index in [0.717, 1.165) is 10.9 Å². The second-order valence-electron chi connectivity index (χ2n) is 5.44. The molecule has 3 nitrogen and oxygen atoms in total. The average molecular weight is 314 g/mol. The molecule has 3 rings (SSSR count). The third-order valence-electron chi connectivity index (χ3n) is 3.58. The van der Waals surface area contributed by atoms with Gasteiger partial charge in [0.25, 0.3) is 5.91 Å². The van der Waals surface area contributed by atoms with Crippen molar-refractivity contribution in [1.29, 1.82) is 0 Å². The van der Waals surface area contributed by atoms with Crippen LogP contribution in [0.2, 0.25) is 5.02 Å². The van der Waals surface area contributed by atoms with E-state index in [2.05, 4.69) is 0 Å². The SMILES string of the molecule is Cc1ccc(CN(C)C(=O)c2cc3cc(Cl)ccc3o2)cc1. The Morgan fingerprint density at radius 2 is 1.86 bits per heavy atom. The lowest BCUT2D eigenvalue weighted by molar-refractivity contribution is 0.0756. The van der Waals surface area contributed by atoms with Gasteiger partial charge in [0.15, 0.2) is 5.76 Å². The lowest BCUT2D eigenvalue weighted by Gasteiger charge is -2.15. The normalized spacial score (nSPS) is 10.9. The molecule has 0 atom stereocenters. The Morgan fingerprint density at radius 3 is 2.59 bits per heavy atom. The summed E-state index contributed by atoms with van der Waals surface area (Å²) in [5, 5.41) is 1.46. The standard InChI is InChI=1S/C18H16ClNO2/c1-12-3-5-13(6-4-12)11-20(2)18(21)17-10-14-9-15(19)7-8-16(14)22-17/h3-10H,11H2,1-2H3. The number of rotatable bonds is 3. The number of hydrogen-bond donors (Lipinski definition) is 0. The zero-order valence-electron chi connectivity index (χ0n) is 12.5. The monoisotopic (exact) mass is 313 g/mol. The molecule has 1 heterocycles. The maximum Gasteiger partial charge on any atom is 0.289 e. The fraction of sp³-hybridized carbons (Fsp3) is 0.167. The van der Waals surface area contributed by atoms with Crippen molar-refractivity contribution in [3.8, 4) is 0 Å². The molecule has 112 valence electrons. The highest BCUT2D eigenvalue weighted by molar-refractivity contribution is 6.31. The van der Waals surface area contributed by atoms with Crippen LogP contribution in [-0.4, -0.2) is 17.9 Å². The number of furan rings is 1. The summed E-state index contributed by atoms with van der Waals surface area (Å²) in [6.45, 7) is 2.58. The molecule has 0 spiro atoms. The zero-order chi connectivity index (χ0) is 15.7. The molecule has 22 heavy (non-hydrogen) atoms. The van der Waals surface area contributed by atoms with Crippen molar-refractivity contribution in [3.63, 3.8) is 0 Å². The molecule has 0 aliphatic heterocycles. The first-order valence-corrected chi connectivity index (χ1v) is 7.41. The van der Waals surface area contributed by atoms with Gasteiger partial charge in [-0.05, 0) is 36.8 Å². The van der Waals surface area contributed by atoms with Gasteiger partial charge < -0.3 is 9.32 Å². The summed E-state index contributed by atoms with van der Waals surface area (Å²) in [4.78, 5) is 14.1. The van der Waals surface area contributed by atoms with E-state index in [-0.39, 0.29) is 5.91 Å². The molecule has 4 heteroatoms. The summed E-state index contributed by atoms with van der Waals surface area (Å²) in [6.07, 6.45) is 0. The molecular weight excluding hydrogens is 298 g/mol. The van der Waals surface area contributed by atoms with Crippen LogP contribution in [0.4, 0.5) is 0 Å². The Hall–Kier alpha value is -2.26. The van der Waals surface area contributed by atoms with Gasteiger partial charge in [-0.3, -0.25) is 4.79 Å². The maximum absolute atomic E-state index is 12.5. The van der Waals surface area contributed by atoms with E-state index in [1.165, 1.54) is 5.56 Å². The third kappa shape index (κ3) is 3.00. The summed E-state index contributed by atoms with van der Waals surface area (Å²) < 4.78 is 5.61. The predicted molar refractivity (Wildman–Crippen MR) is 88.2 cm³/mol. The summed E-state index contributed by atoms with van der Waals surface area (Å²) in [6, 6.07) is 15.2. The topological polar surface area (TPSA) is 33.5 Å². The summed E-state index contributed by atoms with van der Waals surface area (Å²) >= 11 is 5.95. The van der Waals surface area contributed by atoms with Crippen LogP contribution in [0.3, 0.4) is 0 Å². The van der Waals surface area contributed by atoms with E-state index in [4.69, 9.17) is 16.0 Å². The number of benzene rings is 2. The number of hydrogen-bond acceptors (Lipinski definition) is 2. The Labute approximate surface area is 134 Å². The summed E-state index contributed by atoms with van der Waals surface area (Å²) in [5.41, 5.74) is 2.95. The van der Waals surface area contributed by atoms with Gasteiger partial charge in [0.05, 0.1) is 0 Å². The number of amides is 1. The first kappa shape index (κ1) is 14.7. The molecule has 0 bridgehead atoms. The lowest BCUT2D eigenvalue weighted by atomic mass is 10.1. The van der Waals surface area contributed by atoms with Gasteiger partial charge in [-0.1, -0.05) is 41.4 Å². The lowest BCUT2D eigenvalue weighted by Crippen LogP contribution is -2.25. The smallest absolute Gasteiger partial charge is 0.289 e. The van der Waals surface area contributed by atoms with Gasteiger partial charge in [-0.15, -0.1) is 0 Å². The van der Waals surface area contributed by atoms with Crippen LogP contribution in [-0.2, 0) is 6.54 Å². The Bertz CT molecular complexity index is 821. The fourth-order valence-electron chi connectivity index (χ4n) is 2.35. The van der Waals surface area contributed by atoms with Crippen molar-refractivity contribution in [1.82, 2.24) is 4.90 Å². The van der Waals surface area contributed by atoms with Gasteiger partial charge in [0.1, 0.15) is 5.58 Å². The Balaban J connectivity index is 1.80. The van der Waals surface area contributed by atoms with E-state index >= 15 is 0 Å². The van der Waals surface area contributed by atoms with Crippen LogP contribution in [0.15, 0.2) is 52.9 Å². The van der Waals surface area contributed by atoms with E-state index < -0.39 is 0 Å². The van der Waals surface area contributed by atoms with Crippen molar-refractivity contribution in [2.45, 2.75) is 13.5 Å². The molecule has 0 fully saturated rings. The van der Waals surface area contributed by atoms with E-state index in [1.807, 2.05) is 31.2 Å². The Morgan fingerprint density at radius 1 is 1.14 bits per heavy atom. The van der Waals surface area contributed by atoms with Crippen LogP contribution >= 0.6 is 11.6 Å². The van der Waals surface area contributed by atoms with Gasteiger partial charge in [-0.25, -0.2) is 0 Å². The zero-order valence-corrected chi connectivity index (χ0v) is 13.2. The average Bonchev–Trinajstić information content (AvgIpc) is 2.91. The molecule has 0 N–H and O–H groups in total. The van der Waals surface area contributed by atoms with Crippen molar-refractivity contribution >= 4 is 28.5 Å². The molecule has 2 aromatic carbocycles. The number of carbonyl (C=O) groups excluding carboxylic acids is 1. The highest BCUT2D eigenvalue weighted by atomic mass is 35.5. The first-order valence-electron chi connectivity index (χ1n) is 7.03. The van der Waals surface area contributed by atoms with Crippen LogP contribution in [0, 0.1) is 6.92 Å². The minimum absolute atomic E-state index is 0.145. The number of aryl methyl sites for hydroxylation is 1. The fourth-order valence-corrected chi connectivity index (χ4v) is 2.53. The molecular formula is C18H16ClNO2. The molecule has 3 aromatic rings. The van der Waals surface area contributed by atoms with Crippen LogP contribution in [0.5, 0.6) is 0 Å². The second-order valence-corrected chi connectivity index (χ2v) is 5.88. The van der Waals surface area contributed by atoms with Gasteiger partial charge in [-0.2, -0.15) is 0 Å². The molecule has 0 radical (unpaired) electrons. The minimum atomic E-state index is -0.145. The van der Waals surface area contributed by atoms with E-state index in [0.29, 0.717) is 22.9 Å². The minimum Gasteiger partial charge on any atom is -0.451 e. The van der Waals surface area contributed by atoms with Crippen LogP contribution in [0.1, 0.15) is 21.7 Å². The second kappa shape index (κ2) is 5.85. The number of nitrogens with zero attached hydrogens (tertiary/aromatic N) is 1. The summed E-state index contributed by atoms with van der Waals surface area (Å²) in [7, 11) is 1.77. The highest BCUT2D eigenvalue weighted by Gasteiger charge is 2.17. The Kier molecular flexibility index (Phi) is 3.90. The molecule has 0 saturated carbocycles. The quantitative estimate of drug-likeness (QED) is 0.704. The summed E-state index contributed by atoms with van der Waals surface area (Å²) in [5.74, 6) is 0.180. The van der Waals surface area contributed by atoms with Crippen LogP contribution < -0.4 is 0 Å². The molecule has 0 aliphatic carbocycles. The van der Waals surface area contributed by atoms with Gasteiger partial charge >= 0.3 is 0 Å². The van der Waals surface area contributed by atoms with Crippen molar-refractivity contribution in [2.24, 2.45) is 0 Å². The first-order chi connectivity index (χ1) is 10.5. The molecule has 1 amide bonds. The number of fused-ring (bicyclic) bond motifs is 1. The van der Waals surface area contributed by atoms with Crippen molar-refractivity contribution in [2.75, 3.05) is 7.05 Å². The maximum atomic E-state index is 12.5. The molecule has 1 aromatic heterocycles. The van der Waals surface area contributed by atoms with Gasteiger partial charge in [0, 0.05) is 24.0 Å². The molecule has 0 unspecified atom stereocenters. The number of halogens is 1. The van der Waals surface area contributed by atoms with E-state index in [9.17, 15) is 4.79 Å². The molecule has 0 saturated heterocycles.